The van der Waals surface area contributed by atoms with Gasteiger partial charge in [0.2, 0.25) is 10.0 Å². The number of fused-ring (bicyclic) bond motifs is 2. The van der Waals surface area contributed by atoms with Crippen LogP contribution in [0.5, 0.6) is 0 Å². The number of nitrogens with two attached hydrogens (primary N) is 1. The number of rotatable bonds is 5. The summed E-state index contributed by atoms with van der Waals surface area (Å²) in [4.78, 5) is 7.40. The maximum atomic E-state index is 13.2. The quantitative estimate of drug-likeness (QED) is 0.530. The number of nitrogens with one attached hydrogen (secondary N) is 1. The fourth-order valence-corrected chi connectivity index (χ4v) is 6.56. The number of hydrogen-bond acceptors (Lipinski definition) is 6. The van der Waals surface area contributed by atoms with Gasteiger partial charge in [0.15, 0.2) is 17.2 Å². The summed E-state index contributed by atoms with van der Waals surface area (Å²) in [6.07, 6.45) is 0.0191. The highest BCUT2D eigenvalue weighted by Gasteiger charge is 2.61. The summed E-state index contributed by atoms with van der Waals surface area (Å²) in [7, 11) is -3.88. The van der Waals surface area contributed by atoms with Crippen LogP contribution >= 0.6 is 0 Å². The number of alkyl halides is 3. The lowest BCUT2D eigenvalue weighted by Crippen LogP contribution is -2.56. The normalized spacial score (nSPS) is 25.2. The molecule has 0 spiro atoms. The minimum atomic E-state index is -4.70. The van der Waals surface area contributed by atoms with E-state index in [1.807, 2.05) is 0 Å². The number of halogens is 3. The molecule has 32 heavy (non-hydrogen) atoms. The number of sulfonamides is 1. The van der Waals surface area contributed by atoms with Crippen molar-refractivity contribution in [2.75, 3.05) is 12.3 Å². The third-order valence-corrected chi connectivity index (χ3v) is 8.07. The Balaban J connectivity index is 1.51. The van der Waals surface area contributed by atoms with E-state index in [1.165, 1.54) is 24.4 Å². The van der Waals surface area contributed by atoms with E-state index in [-0.39, 0.29) is 34.1 Å². The predicted molar refractivity (Wildman–Crippen MR) is 109 cm³/mol. The number of aromatic nitrogens is 3. The van der Waals surface area contributed by atoms with Crippen LogP contribution in [0.1, 0.15) is 31.4 Å². The van der Waals surface area contributed by atoms with Crippen molar-refractivity contribution in [3.63, 3.8) is 0 Å². The standard InChI is InChI=1S/C20H20F3N5O3S/c21-20(22,23)15-8-28-14(7-25-17(28)16(24)26-15)12-2-1-3-13(6-12)32(30,31)27-19-5-4-18(9-19,10-19)11-29/h1-3,6-8,27,29H,4-5,9-11H2,(H2,24,26). The predicted octanol–water partition coefficient (Wildman–Crippen LogP) is 2.58. The Hall–Kier alpha value is -2.70. The van der Waals surface area contributed by atoms with Gasteiger partial charge in [-0.15, -0.1) is 0 Å². The molecule has 3 saturated carbocycles. The van der Waals surface area contributed by atoms with Gasteiger partial charge < -0.3 is 10.8 Å². The average Bonchev–Trinajstić information content (AvgIpc) is 3.38. The Morgan fingerprint density at radius 1 is 1.25 bits per heavy atom. The Labute approximate surface area is 181 Å². The van der Waals surface area contributed by atoms with Crippen molar-refractivity contribution in [2.24, 2.45) is 5.41 Å². The van der Waals surface area contributed by atoms with Crippen LogP contribution < -0.4 is 10.5 Å². The first-order valence-corrected chi connectivity index (χ1v) is 11.4. The fourth-order valence-electron chi connectivity index (χ4n) is 5.08. The van der Waals surface area contributed by atoms with Gasteiger partial charge in [-0.3, -0.25) is 4.40 Å². The molecule has 0 amide bonds. The Morgan fingerprint density at radius 3 is 2.66 bits per heavy atom. The molecule has 3 aliphatic rings. The van der Waals surface area contributed by atoms with Crippen molar-refractivity contribution in [1.29, 1.82) is 0 Å². The lowest BCUT2D eigenvalue weighted by Gasteiger charge is -2.46. The molecule has 0 unspecified atom stereocenters. The van der Waals surface area contributed by atoms with Crippen LogP contribution in [0, 0.1) is 5.41 Å². The molecule has 0 atom stereocenters. The molecule has 2 bridgehead atoms. The molecule has 170 valence electrons. The minimum absolute atomic E-state index is 0.00852. The number of imidazole rings is 1. The molecule has 6 rings (SSSR count). The number of nitrogens with zero attached hydrogens (tertiary/aromatic N) is 3. The van der Waals surface area contributed by atoms with E-state index in [0.29, 0.717) is 24.8 Å². The molecule has 3 aliphatic carbocycles. The minimum Gasteiger partial charge on any atom is -0.396 e. The SMILES string of the molecule is Nc1nc(C(F)(F)F)cn2c(-c3cccc(S(=O)(=O)NC45CCC(CO)(C4)C5)c3)cnc12. The van der Waals surface area contributed by atoms with Crippen molar-refractivity contribution in [3.8, 4) is 11.3 Å². The summed E-state index contributed by atoms with van der Waals surface area (Å²) in [5.74, 6) is -0.380. The molecule has 3 aromatic rings. The highest BCUT2D eigenvalue weighted by molar-refractivity contribution is 7.89. The van der Waals surface area contributed by atoms with Crippen LogP contribution in [0.4, 0.5) is 19.0 Å². The van der Waals surface area contributed by atoms with Gasteiger partial charge in [-0.05, 0) is 43.2 Å². The second kappa shape index (κ2) is 6.65. The van der Waals surface area contributed by atoms with E-state index < -0.39 is 27.4 Å². The van der Waals surface area contributed by atoms with E-state index in [9.17, 15) is 26.7 Å². The second-order valence-electron chi connectivity index (χ2n) is 8.77. The molecular weight excluding hydrogens is 447 g/mol. The highest BCUT2D eigenvalue weighted by Crippen LogP contribution is 2.61. The van der Waals surface area contributed by atoms with Gasteiger partial charge in [-0.1, -0.05) is 12.1 Å². The number of benzene rings is 1. The van der Waals surface area contributed by atoms with E-state index in [1.54, 1.807) is 6.07 Å². The molecule has 4 N–H and O–H groups in total. The maximum absolute atomic E-state index is 13.2. The summed E-state index contributed by atoms with van der Waals surface area (Å²) < 4.78 is 69.6. The van der Waals surface area contributed by atoms with Gasteiger partial charge >= 0.3 is 6.18 Å². The van der Waals surface area contributed by atoms with E-state index in [4.69, 9.17) is 5.73 Å². The lowest BCUT2D eigenvalue weighted by molar-refractivity contribution is -0.141. The number of aliphatic hydroxyl groups excluding tert-OH is 1. The lowest BCUT2D eigenvalue weighted by atomic mass is 9.66. The zero-order valence-electron chi connectivity index (χ0n) is 16.7. The summed E-state index contributed by atoms with van der Waals surface area (Å²) >= 11 is 0. The highest BCUT2D eigenvalue weighted by atomic mass is 32.2. The monoisotopic (exact) mass is 467 g/mol. The maximum Gasteiger partial charge on any atom is 0.434 e. The summed E-state index contributed by atoms with van der Waals surface area (Å²) in [5, 5.41) is 9.54. The van der Waals surface area contributed by atoms with Crippen molar-refractivity contribution in [2.45, 2.75) is 42.3 Å². The van der Waals surface area contributed by atoms with Gasteiger partial charge in [0.25, 0.3) is 0 Å². The molecule has 2 aromatic heterocycles. The number of anilines is 1. The van der Waals surface area contributed by atoms with Crippen molar-refractivity contribution >= 4 is 21.5 Å². The third kappa shape index (κ3) is 3.24. The van der Waals surface area contributed by atoms with Crippen LogP contribution in [0.25, 0.3) is 16.9 Å². The van der Waals surface area contributed by atoms with Crippen LogP contribution in [0.2, 0.25) is 0 Å². The zero-order valence-corrected chi connectivity index (χ0v) is 17.5. The molecule has 3 fully saturated rings. The molecular formula is C20H20F3N5O3S. The van der Waals surface area contributed by atoms with Crippen LogP contribution in [-0.4, -0.2) is 40.0 Å². The Kier molecular flexibility index (Phi) is 4.40. The van der Waals surface area contributed by atoms with Crippen molar-refractivity contribution in [3.05, 3.63) is 42.4 Å². The molecule has 1 aromatic carbocycles. The largest absolute Gasteiger partial charge is 0.434 e. The van der Waals surface area contributed by atoms with Gasteiger partial charge in [0, 0.05) is 23.9 Å². The zero-order chi connectivity index (χ0) is 22.9. The van der Waals surface area contributed by atoms with Gasteiger partial charge in [0.1, 0.15) is 0 Å². The molecule has 0 aliphatic heterocycles. The van der Waals surface area contributed by atoms with Gasteiger partial charge in [0.05, 0.1) is 16.8 Å². The first-order chi connectivity index (χ1) is 15.0. The van der Waals surface area contributed by atoms with Gasteiger partial charge in [-0.25, -0.2) is 23.1 Å². The Bertz CT molecular complexity index is 1330. The fraction of sp³-hybridized carbons (Fsp3) is 0.400. The van der Waals surface area contributed by atoms with E-state index in [2.05, 4.69) is 14.7 Å². The van der Waals surface area contributed by atoms with Crippen molar-refractivity contribution < 1.29 is 26.7 Å². The average molecular weight is 467 g/mol. The second-order valence-corrected chi connectivity index (χ2v) is 10.5. The number of nitrogen functional groups attached to an aromatic ring is 1. The number of hydrogen-bond donors (Lipinski definition) is 3. The van der Waals surface area contributed by atoms with E-state index >= 15 is 0 Å². The summed E-state index contributed by atoms with van der Waals surface area (Å²) in [6, 6.07) is 5.92. The molecule has 0 saturated heterocycles. The summed E-state index contributed by atoms with van der Waals surface area (Å²) in [5.41, 5.74) is 4.39. The molecule has 12 heteroatoms. The first-order valence-electron chi connectivity index (χ1n) is 9.92. The molecule has 0 radical (unpaired) electrons. The smallest absolute Gasteiger partial charge is 0.396 e. The van der Waals surface area contributed by atoms with Crippen LogP contribution in [-0.2, 0) is 16.2 Å². The number of aliphatic hydroxyl groups is 1. The third-order valence-electron chi connectivity index (χ3n) is 6.50. The van der Waals surface area contributed by atoms with Crippen LogP contribution in [0.15, 0.2) is 41.6 Å². The molecule has 2 heterocycles. The topological polar surface area (TPSA) is 123 Å². The van der Waals surface area contributed by atoms with Crippen LogP contribution in [0.3, 0.4) is 0 Å². The first kappa shape index (κ1) is 21.2. The van der Waals surface area contributed by atoms with Gasteiger partial charge in [-0.2, -0.15) is 13.2 Å². The Morgan fingerprint density at radius 2 is 2.00 bits per heavy atom. The van der Waals surface area contributed by atoms with E-state index in [0.717, 1.165) is 17.0 Å². The van der Waals surface area contributed by atoms with Crippen molar-refractivity contribution in [1.82, 2.24) is 19.1 Å². The summed E-state index contributed by atoms with van der Waals surface area (Å²) in [6.45, 7) is 0.0398. The molecule has 8 nitrogen and oxygen atoms in total.